The fourth-order valence-electron chi connectivity index (χ4n) is 2.56. The molecular weight excluding hydrogens is 236 g/mol. The van der Waals surface area contributed by atoms with Crippen molar-refractivity contribution in [3.63, 3.8) is 0 Å². The minimum atomic E-state index is 0.271. The number of fused-ring (bicyclic) bond motifs is 1. The number of hydrogen-bond donors (Lipinski definition) is 1. The molecule has 104 valence electrons. The van der Waals surface area contributed by atoms with E-state index in [0.717, 1.165) is 38.2 Å². The van der Waals surface area contributed by atoms with Crippen LogP contribution in [0.15, 0.2) is 24.3 Å². The van der Waals surface area contributed by atoms with E-state index in [4.69, 9.17) is 0 Å². The minimum absolute atomic E-state index is 0.271. The second-order valence-electron chi connectivity index (χ2n) is 5.16. The van der Waals surface area contributed by atoms with Gasteiger partial charge in [-0.15, -0.1) is 0 Å². The van der Waals surface area contributed by atoms with E-state index in [1.807, 2.05) is 17.0 Å². The molecule has 19 heavy (non-hydrogen) atoms. The Morgan fingerprint density at radius 2 is 2.11 bits per heavy atom. The van der Waals surface area contributed by atoms with Gasteiger partial charge in [0.25, 0.3) is 0 Å². The van der Waals surface area contributed by atoms with Crippen LogP contribution in [0.3, 0.4) is 0 Å². The first-order valence-electron chi connectivity index (χ1n) is 7.42. The molecule has 0 aliphatic carbocycles. The molecule has 0 fully saturated rings. The Hall–Kier alpha value is -1.35. The Kier molecular flexibility index (Phi) is 5.40. The van der Waals surface area contributed by atoms with Crippen LogP contribution < -0.4 is 10.2 Å². The maximum atomic E-state index is 12.4. The van der Waals surface area contributed by atoms with Crippen molar-refractivity contribution in [1.82, 2.24) is 5.32 Å². The number of nitrogens with one attached hydrogen (secondary N) is 1. The highest BCUT2D eigenvalue weighted by Gasteiger charge is 2.19. The Morgan fingerprint density at radius 3 is 2.95 bits per heavy atom. The third-order valence-electron chi connectivity index (χ3n) is 3.66. The molecule has 3 nitrogen and oxygen atoms in total. The summed E-state index contributed by atoms with van der Waals surface area (Å²) in [4.78, 5) is 14.3. The molecule has 0 bridgehead atoms. The van der Waals surface area contributed by atoms with E-state index in [2.05, 4.69) is 24.4 Å². The molecule has 0 aromatic heterocycles. The molecule has 1 aliphatic heterocycles. The van der Waals surface area contributed by atoms with Gasteiger partial charge in [-0.05, 0) is 18.1 Å². The third-order valence-corrected chi connectivity index (χ3v) is 3.66. The quantitative estimate of drug-likeness (QED) is 0.825. The highest BCUT2D eigenvalue weighted by molar-refractivity contribution is 5.94. The number of hydrogen-bond acceptors (Lipinski definition) is 2. The molecule has 1 N–H and O–H groups in total. The summed E-state index contributed by atoms with van der Waals surface area (Å²) in [5.74, 6) is 0.271. The number of carbonyl (C=O) groups excluding carboxylic acids is 1. The maximum absolute atomic E-state index is 12.4. The number of rotatable bonds is 5. The van der Waals surface area contributed by atoms with Gasteiger partial charge >= 0.3 is 0 Å². The topological polar surface area (TPSA) is 32.3 Å². The molecule has 0 spiro atoms. The summed E-state index contributed by atoms with van der Waals surface area (Å²) < 4.78 is 0. The van der Waals surface area contributed by atoms with Crippen LogP contribution in [-0.4, -0.2) is 19.0 Å². The average Bonchev–Trinajstić information content (AvgIpc) is 2.66. The van der Waals surface area contributed by atoms with Crippen molar-refractivity contribution in [2.24, 2.45) is 0 Å². The van der Waals surface area contributed by atoms with E-state index in [1.165, 1.54) is 18.4 Å². The molecular formula is C16H24N2O. The Balaban J connectivity index is 2.00. The van der Waals surface area contributed by atoms with Crippen LogP contribution in [0.4, 0.5) is 5.69 Å². The van der Waals surface area contributed by atoms with Crippen molar-refractivity contribution in [3.8, 4) is 0 Å². The van der Waals surface area contributed by atoms with Gasteiger partial charge in [-0.2, -0.15) is 0 Å². The zero-order chi connectivity index (χ0) is 13.5. The summed E-state index contributed by atoms with van der Waals surface area (Å²) in [5, 5.41) is 3.37. The van der Waals surface area contributed by atoms with Crippen molar-refractivity contribution >= 4 is 11.6 Å². The van der Waals surface area contributed by atoms with E-state index in [0.29, 0.717) is 6.42 Å². The Bertz CT molecular complexity index is 417. The molecule has 3 heteroatoms. The first-order valence-corrected chi connectivity index (χ1v) is 7.42. The predicted molar refractivity (Wildman–Crippen MR) is 79.3 cm³/mol. The van der Waals surface area contributed by atoms with Crippen molar-refractivity contribution in [1.29, 1.82) is 0 Å². The monoisotopic (exact) mass is 260 g/mol. The fraction of sp³-hybridized carbons (Fsp3) is 0.562. The highest BCUT2D eigenvalue weighted by Crippen LogP contribution is 2.23. The van der Waals surface area contributed by atoms with Gasteiger partial charge in [0.05, 0.1) is 0 Å². The lowest BCUT2D eigenvalue weighted by atomic mass is 10.1. The summed E-state index contributed by atoms with van der Waals surface area (Å²) in [6, 6.07) is 8.22. The van der Waals surface area contributed by atoms with Gasteiger partial charge in [0.1, 0.15) is 0 Å². The summed E-state index contributed by atoms with van der Waals surface area (Å²) in [7, 11) is 0. The zero-order valence-electron chi connectivity index (χ0n) is 11.8. The lowest BCUT2D eigenvalue weighted by Crippen LogP contribution is -2.34. The Labute approximate surface area is 116 Å². The fourth-order valence-corrected chi connectivity index (χ4v) is 2.56. The molecule has 1 amide bonds. The SMILES string of the molecule is CCCCCCC(=O)N1CCNCc2ccccc21. The second kappa shape index (κ2) is 7.29. The van der Waals surface area contributed by atoms with E-state index in [1.54, 1.807) is 0 Å². The van der Waals surface area contributed by atoms with E-state index in [9.17, 15) is 4.79 Å². The summed E-state index contributed by atoms with van der Waals surface area (Å²) in [5.41, 5.74) is 2.31. The van der Waals surface area contributed by atoms with Crippen LogP contribution in [0.1, 0.15) is 44.6 Å². The standard InChI is InChI=1S/C16H24N2O/c1-2-3-4-5-10-16(19)18-12-11-17-13-14-8-6-7-9-15(14)18/h6-9,17H,2-5,10-13H2,1H3. The van der Waals surface area contributed by atoms with Crippen molar-refractivity contribution in [2.75, 3.05) is 18.0 Å². The average molecular weight is 260 g/mol. The summed E-state index contributed by atoms with van der Waals surface area (Å²) in [6.45, 7) is 4.70. The number of anilines is 1. The highest BCUT2D eigenvalue weighted by atomic mass is 16.2. The number of nitrogens with zero attached hydrogens (tertiary/aromatic N) is 1. The van der Waals surface area contributed by atoms with Gasteiger partial charge in [-0.25, -0.2) is 0 Å². The summed E-state index contributed by atoms with van der Waals surface area (Å²) >= 11 is 0. The number of carbonyl (C=O) groups is 1. The van der Waals surface area contributed by atoms with Crippen LogP contribution in [0.5, 0.6) is 0 Å². The third kappa shape index (κ3) is 3.80. The number of para-hydroxylation sites is 1. The lowest BCUT2D eigenvalue weighted by molar-refractivity contribution is -0.118. The van der Waals surface area contributed by atoms with Crippen LogP contribution in [0.25, 0.3) is 0 Å². The Morgan fingerprint density at radius 1 is 1.26 bits per heavy atom. The molecule has 0 saturated carbocycles. The number of benzene rings is 1. The maximum Gasteiger partial charge on any atom is 0.227 e. The molecule has 0 atom stereocenters. The number of unbranched alkanes of at least 4 members (excludes halogenated alkanes) is 3. The molecule has 0 radical (unpaired) electrons. The van der Waals surface area contributed by atoms with Crippen molar-refractivity contribution < 1.29 is 4.79 Å². The predicted octanol–water partition coefficient (Wildman–Crippen LogP) is 3.09. The van der Waals surface area contributed by atoms with Crippen LogP contribution in [0, 0.1) is 0 Å². The van der Waals surface area contributed by atoms with E-state index < -0.39 is 0 Å². The second-order valence-corrected chi connectivity index (χ2v) is 5.16. The van der Waals surface area contributed by atoms with Gasteiger partial charge in [0.2, 0.25) is 5.91 Å². The van der Waals surface area contributed by atoms with Crippen molar-refractivity contribution in [2.45, 2.75) is 45.6 Å². The smallest absolute Gasteiger partial charge is 0.227 e. The largest absolute Gasteiger partial charge is 0.311 e. The van der Waals surface area contributed by atoms with Gasteiger partial charge < -0.3 is 10.2 Å². The first kappa shape index (κ1) is 14.1. The minimum Gasteiger partial charge on any atom is -0.311 e. The van der Waals surface area contributed by atoms with Gasteiger partial charge in [0.15, 0.2) is 0 Å². The molecule has 1 aromatic carbocycles. The molecule has 0 saturated heterocycles. The molecule has 0 unspecified atom stereocenters. The van der Waals surface area contributed by atoms with Gasteiger partial charge in [-0.3, -0.25) is 4.79 Å². The van der Waals surface area contributed by atoms with Gasteiger partial charge in [-0.1, -0.05) is 44.4 Å². The van der Waals surface area contributed by atoms with Crippen LogP contribution in [0.2, 0.25) is 0 Å². The van der Waals surface area contributed by atoms with Crippen LogP contribution >= 0.6 is 0 Å². The zero-order valence-corrected chi connectivity index (χ0v) is 11.8. The molecule has 2 rings (SSSR count). The molecule has 1 aliphatic rings. The number of amides is 1. The molecule has 1 heterocycles. The van der Waals surface area contributed by atoms with Crippen LogP contribution in [-0.2, 0) is 11.3 Å². The van der Waals surface area contributed by atoms with E-state index in [-0.39, 0.29) is 5.91 Å². The van der Waals surface area contributed by atoms with Gasteiger partial charge in [0, 0.05) is 31.7 Å². The lowest BCUT2D eigenvalue weighted by Gasteiger charge is -2.22. The first-order chi connectivity index (χ1) is 9.33. The van der Waals surface area contributed by atoms with Crippen molar-refractivity contribution in [3.05, 3.63) is 29.8 Å². The van der Waals surface area contributed by atoms with E-state index >= 15 is 0 Å². The molecule has 1 aromatic rings. The normalized spacial score (nSPS) is 14.9. The summed E-state index contributed by atoms with van der Waals surface area (Å²) in [6.07, 6.45) is 5.29.